The van der Waals surface area contributed by atoms with Crippen LogP contribution in [0.1, 0.15) is 51.4 Å². The van der Waals surface area contributed by atoms with Crippen LogP contribution < -0.4 is 0 Å². The Kier molecular flexibility index (Phi) is 2.87. The number of rotatable bonds is 1. The van der Waals surface area contributed by atoms with Crippen molar-refractivity contribution < 1.29 is 4.79 Å². The van der Waals surface area contributed by atoms with Gasteiger partial charge in [0.25, 0.3) is 0 Å². The van der Waals surface area contributed by atoms with E-state index in [1.807, 2.05) is 0 Å². The highest BCUT2D eigenvalue weighted by Crippen LogP contribution is 2.25. The SMILES string of the molecule is O=C1CCN1C1CCCCCCC1. The van der Waals surface area contributed by atoms with Gasteiger partial charge in [-0.3, -0.25) is 4.79 Å². The van der Waals surface area contributed by atoms with Crippen molar-refractivity contribution >= 4 is 5.91 Å². The quantitative estimate of drug-likeness (QED) is 0.568. The number of hydrogen-bond donors (Lipinski definition) is 0. The van der Waals surface area contributed by atoms with Gasteiger partial charge in [0.2, 0.25) is 5.91 Å². The predicted molar refractivity (Wildman–Crippen MR) is 52.4 cm³/mol. The zero-order chi connectivity index (χ0) is 9.10. The summed E-state index contributed by atoms with van der Waals surface area (Å²) >= 11 is 0. The van der Waals surface area contributed by atoms with E-state index in [1.54, 1.807) is 0 Å². The predicted octanol–water partition coefficient (Wildman–Crippen LogP) is 2.33. The van der Waals surface area contributed by atoms with Crippen LogP contribution in [0.3, 0.4) is 0 Å². The molecular weight excluding hydrogens is 162 g/mol. The third kappa shape index (κ3) is 2.04. The van der Waals surface area contributed by atoms with Gasteiger partial charge in [0.1, 0.15) is 0 Å². The summed E-state index contributed by atoms with van der Waals surface area (Å²) in [6.45, 7) is 1.03. The van der Waals surface area contributed by atoms with E-state index in [0.717, 1.165) is 13.0 Å². The molecule has 0 aromatic carbocycles. The monoisotopic (exact) mass is 181 g/mol. The molecule has 1 aliphatic carbocycles. The summed E-state index contributed by atoms with van der Waals surface area (Å²) < 4.78 is 0. The lowest BCUT2D eigenvalue weighted by Crippen LogP contribution is -2.50. The summed E-state index contributed by atoms with van der Waals surface area (Å²) in [6, 6.07) is 0.599. The zero-order valence-corrected chi connectivity index (χ0v) is 8.30. The molecule has 1 heterocycles. The summed E-state index contributed by atoms with van der Waals surface area (Å²) in [4.78, 5) is 13.4. The van der Waals surface area contributed by atoms with E-state index in [1.165, 1.54) is 44.9 Å². The van der Waals surface area contributed by atoms with Crippen molar-refractivity contribution in [3.05, 3.63) is 0 Å². The van der Waals surface area contributed by atoms with E-state index < -0.39 is 0 Å². The highest BCUT2D eigenvalue weighted by atomic mass is 16.2. The number of likely N-dealkylation sites (tertiary alicyclic amines) is 1. The van der Waals surface area contributed by atoms with Crippen LogP contribution >= 0.6 is 0 Å². The lowest BCUT2D eigenvalue weighted by atomic mass is 9.93. The smallest absolute Gasteiger partial charge is 0.224 e. The zero-order valence-electron chi connectivity index (χ0n) is 8.30. The van der Waals surface area contributed by atoms with Gasteiger partial charge in [-0.25, -0.2) is 0 Å². The van der Waals surface area contributed by atoms with Gasteiger partial charge in [-0.05, 0) is 12.8 Å². The maximum Gasteiger partial charge on any atom is 0.224 e. The van der Waals surface area contributed by atoms with E-state index in [-0.39, 0.29) is 0 Å². The lowest BCUT2D eigenvalue weighted by molar-refractivity contribution is -0.143. The molecule has 2 heteroatoms. The Morgan fingerprint density at radius 3 is 2.08 bits per heavy atom. The molecule has 2 rings (SSSR count). The molecule has 13 heavy (non-hydrogen) atoms. The van der Waals surface area contributed by atoms with Crippen LogP contribution in [0.4, 0.5) is 0 Å². The van der Waals surface area contributed by atoms with Gasteiger partial charge >= 0.3 is 0 Å². The molecule has 0 atom stereocenters. The molecule has 2 nitrogen and oxygen atoms in total. The Labute approximate surface area is 80.3 Å². The lowest BCUT2D eigenvalue weighted by Gasteiger charge is -2.39. The Balaban J connectivity index is 1.84. The molecule has 0 radical (unpaired) electrons. The second-order valence-electron chi connectivity index (χ2n) is 4.34. The Hall–Kier alpha value is -0.530. The topological polar surface area (TPSA) is 20.3 Å². The molecule has 1 aliphatic heterocycles. The molecule has 0 aromatic heterocycles. The molecule has 0 bridgehead atoms. The second-order valence-corrected chi connectivity index (χ2v) is 4.34. The Bertz CT molecular complexity index is 183. The first-order valence-corrected chi connectivity index (χ1v) is 5.67. The molecule has 1 saturated heterocycles. The highest BCUT2D eigenvalue weighted by Gasteiger charge is 2.30. The molecule has 74 valence electrons. The summed E-state index contributed by atoms with van der Waals surface area (Å²) in [5.74, 6) is 0.394. The van der Waals surface area contributed by atoms with E-state index in [4.69, 9.17) is 0 Å². The molecular formula is C11H19NO. The maximum atomic E-state index is 11.3. The van der Waals surface area contributed by atoms with Gasteiger partial charge in [-0.2, -0.15) is 0 Å². The van der Waals surface area contributed by atoms with Crippen molar-refractivity contribution in [1.29, 1.82) is 0 Å². The largest absolute Gasteiger partial charge is 0.339 e. The number of β-lactam (4-membered cyclic amide) rings is 1. The molecule has 0 aromatic rings. The van der Waals surface area contributed by atoms with E-state index >= 15 is 0 Å². The van der Waals surface area contributed by atoms with Crippen molar-refractivity contribution in [1.82, 2.24) is 4.90 Å². The maximum absolute atomic E-state index is 11.3. The molecule has 2 aliphatic rings. The minimum Gasteiger partial charge on any atom is -0.339 e. The fourth-order valence-electron chi connectivity index (χ4n) is 2.46. The van der Waals surface area contributed by atoms with Crippen LogP contribution in [0.2, 0.25) is 0 Å². The minimum absolute atomic E-state index is 0.394. The first-order valence-electron chi connectivity index (χ1n) is 5.67. The Morgan fingerprint density at radius 1 is 1.00 bits per heavy atom. The van der Waals surface area contributed by atoms with Crippen molar-refractivity contribution in [2.75, 3.05) is 6.54 Å². The molecule has 0 spiro atoms. The van der Waals surface area contributed by atoms with Gasteiger partial charge < -0.3 is 4.90 Å². The van der Waals surface area contributed by atoms with Gasteiger partial charge in [-0.1, -0.05) is 32.1 Å². The fourth-order valence-corrected chi connectivity index (χ4v) is 2.46. The first-order chi connectivity index (χ1) is 6.38. The molecule has 0 N–H and O–H groups in total. The number of hydrogen-bond acceptors (Lipinski definition) is 1. The average Bonchev–Trinajstić information content (AvgIpc) is 2.06. The molecule has 1 amide bonds. The highest BCUT2D eigenvalue weighted by molar-refractivity contribution is 5.81. The molecule has 2 fully saturated rings. The Morgan fingerprint density at radius 2 is 1.62 bits per heavy atom. The van der Waals surface area contributed by atoms with Crippen LogP contribution in [0.25, 0.3) is 0 Å². The molecule has 0 unspecified atom stereocenters. The van der Waals surface area contributed by atoms with E-state index in [9.17, 15) is 4.79 Å². The third-order valence-electron chi connectivity index (χ3n) is 3.40. The third-order valence-corrected chi connectivity index (χ3v) is 3.40. The van der Waals surface area contributed by atoms with Gasteiger partial charge in [0.15, 0.2) is 0 Å². The molecule has 1 saturated carbocycles. The standard InChI is InChI=1S/C11H19NO/c13-11-8-9-12(11)10-6-4-2-1-3-5-7-10/h10H,1-9H2. The van der Waals surface area contributed by atoms with Crippen molar-refractivity contribution in [2.24, 2.45) is 0 Å². The first kappa shape index (κ1) is 9.04. The van der Waals surface area contributed by atoms with E-state index in [2.05, 4.69) is 4.90 Å². The van der Waals surface area contributed by atoms with Crippen LogP contribution in [0.5, 0.6) is 0 Å². The average molecular weight is 181 g/mol. The minimum atomic E-state index is 0.394. The number of amides is 1. The number of carbonyl (C=O) groups is 1. The summed E-state index contributed by atoms with van der Waals surface area (Å²) in [5, 5.41) is 0. The summed E-state index contributed by atoms with van der Waals surface area (Å²) in [6.07, 6.45) is 10.1. The van der Waals surface area contributed by atoms with Crippen LogP contribution in [-0.4, -0.2) is 23.4 Å². The van der Waals surface area contributed by atoms with Crippen LogP contribution in [0.15, 0.2) is 0 Å². The fraction of sp³-hybridized carbons (Fsp3) is 0.909. The summed E-state index contributed by atoms with van der Waals surface area (Å²) in [5.41, 5.74) is 0. The number of carbonyl (C=O) groups excluding carboxylic acids is 1. The van der Waals surface area contributed by atoms with E-state index in [0.29, 0.717) is 11.9 Å². The van der Waals surface area contributed by atoms with Gasteiger partial charge in [0.05, 0.1) is 0 Å². The normalized spacial score (nSPS) is 26.5. The van der Waals surface area contributed by atoms with Crippen LogP contribution in [0, 0.1) is 0 Å². The van der Waals surface area contributed by atoms with Crippen molar-refractivity contribution in [2.45, 2.75) is 57.4 Å². The second kappa shape index (κ2) is 4.12. The van der Waals surface area contributed by atoms with Crippen molar-refractivity contribution in [3.8, 4) is 0 Å². The summed E-state index contributed by atoms with van der Waals surface area (Å²) in [7, 11) is 0. The van der Waals surface area contributed by atoms with Crippen LogP contribution in [-0.2, 0) is 4.79 Å². The van der Waals surface area contributed by atoms with Crippen molar-refractivity contribution in [3.63, 3.8) is 0 Å². The number of nitrogens with zero attached hydrogens (tertiary/aromatic N) is 1. The van der Waals surface area contributed by atoms with Gasteiger partial charge in [-0.15, -0.1) is 0 Å². The van der Waals surface area contributed by atoms with Gasteiger partial charge in [0, 0.05) is 19.0 Å².